The van der Waals surface area contributed by atoms with Crippen LogP contribution in [0.1, 0.15) is 27.9 Å². The van der Waals surface area contributed by atoms with Crippen LogP contribution in [0.15, 0.2) is 54.6 Å². The lowest BCUT2D eigenvalue weighted by molar-refractivity contribution is -0.123. The van der Waals surface area contributed by atoms with E-state index < -0.39 is 0 Å². The van der Waals surface area contributed by atoms with Crippen LogP contribution < -0.4 is 10.2 Å². The minimum atomic E-state index is -0.262. The van der Waals surface area contributed by atoms with Crippen LogP contribution in [0.25, 0.3) is 0 Å². The molecule has 2 aromatic rings. The minimum Gasteiger partial charge on any atom is -0.322 e. The number of amides is 3. The predicted octanol–water partition coefficient (Wildman–Crippen LogP) is 3.87. The Labute approximate surface area is 169 Å². The summed E-state index contributed by atoms with van der Waals surface area (Å²) in [5.41, 5.74) is 3.76. The fourth-order valence-corrected chi connectivity index (χ4v) is 5.02. The highest BCUT2D eigenvalue weighted by Crippen LogP contribution is 2.53. The van der Waals surface area contributed by atoms with Crippen molar-refractivity contribution in [3.63, 3.8) is 0 Å². The zero-order valence-corrected chi connectivity index (χ0v) is 16.4. The van der Waals surface area contributed by atoms with E-state index in [0.29, 0.717) is 11.3 Å². The number of rotatable bonds is 3. The summed E-state index contributed by atoms with van der Waals surface area (Å²) in [5, 5.41) is 2.93. The van der Waals surface area contributed by atoms with Crippen LogP contribution in [0, 0.1) is 37.5 Å². The number of nitrogens with zero attached hydrogens (tertiary/aromatic N) is 1. The van der Waals surface area contributed by atoms with Gasteiger partial charge in [0.25, 0.3) is 5.91 Å². The second-order valence-electron chi connectivity index (χ2n) is 8.26. The molecule has 3 aliphatic rings. The first kappa shape index (κ1) is 17.9. The molecule has 4 atom stereocenters. The molecule has 0 spiro atoms. The van der Waals surface area contributed by atoms with Crippen molar-refractivity contribution in [3.05, 3.63) is 71.3 Å². The SMILES string of the molecule is Cc1cccc(NC(=O)c2cccc(N3C(=O)[C@@H]4[C@H](C3=O)[C@@H]3C=C[C@H]4C3)c2)c1C. The molecule has 0 unspecified atom stereocenters. The Balaban J connectivity index is 1.42. The Kier molecular flexibility index (Phi) is 3.95. The van der Waals surface area contributed by atoms with Crippen LogP contribution in [0.5, 0.6) is 0 Å². The van der Waals surface area contributed by atoms with E-state index in [1.807, 2.05) is 32.0 Å². The number of benzene rings is 2. The molecule has 2 aliphatic carbocycles. The molecule has 1 saturated carbocycles. The van der Waals surface area contributed by atoms with Crippen molar-refractivity contribution < 1.29 is 14.4 Å². The van der Waals surface area contributed by atoms with Crippen molar-refractivity contribution in [1.82, 2.24) is 0 Å². The summed E-state index contributed by atoms with van der Waals surface area (Å²) in [5.74, 6) is -0.686. The molecule has 2 aromatic carbocycles. The quantitative estimate of drug-likeness (QED) is 0.643. The maximum atomic E-state index is 13.0. The first-order valence-corrected chi connectivity index (χ1v) is 9.99. The first-order valence-electron chi connectivity index (χ1n) is 9.99. The molecule has 146 valence electrons. The molecule has 1 saturated heterocycles. The Morgan fingerprint density at radius 2 is 1.62 bits per heavy atom. The lowest BCUT2D eigenvalue weighted by Crippen LogP contribution is -2.33. The third-order valence-corrected chi connectivity index (χ3v) is 6.69. The average molecular weight is 386 g/mol. The first-order chi connectivity index (χ1) is 14.0. The average Bonchev–Trinajstić information content (AvgIpc) is 3.39. The Morgan fingerprint density at radius 1 is 0.966 bits per heavy atom. The summed E-state index contributed by atoms with van der Waals surface area (Å²) < 4.78 is 0. The number of fused-ring (bicyclic) bond motifs is 5. The molecule has 1 heterocycles. The number of carbonyl (C=O) groups is 3. The molecule has 0 aromatic heterocycles. The second kappa shape index (κ2) is 6.41. The fourth-order valence-electron chi connectivity index (χ4n) is 5.02. The van der Waals surface area contributed by atoms with Crippen LogP contribution in [0.4, 0.5) is 11.4 Å². The molecular weight excluding hydrogens is 364 g/mol. The van der Waals surface area contributed by atoms with Gasteiger partial charge in [0.15, 0.2) is 0 Å². The molecular formula is C24H22N2O3. The van der Waals surface area contributed by atoms with Gasteiger partial charge >= 0.3 is 0 Å². The second-order valence-corrected chi connectivity index (χ2v) is 8.26. The van der Waals surface area contributed by atoms with E-state index in [4.69, 9.17) is 0 Å². The molecule has 2 fully saturated rings. The number of nitrogens with one attached hydrogen (secondary N) is 1. The third kappa shape index (κ3) is 2.64. The van der Waals surface area contributed by atoms with Crippen molar-refractivity contribution in [2.45, 2.75) is 20.3 Å². The van der Waals surface area contributed by atoms with Crippen molar-refractivity contribution in [3.8, 4) is 0 Å². The van der Waals surface area contributed by atoms with Gasteiger partial charge in [-0.05, 0) is 67.5 Å². The smallest absolute Gasteiger partial charge is 0.255 e. The highest BCUT2D eigenvalue weighted by atomic mass is 16.2. The van der Waals surface area contributed by atoms with Gasteiger partial charge in [-0.15, -0.1) is 0 Å². The largest absolute Gasteiger partial charge is 0.322 e. The van der Waals surface area contributed by atoms with E-state index in [-0.39, 0.29) is 41.4 Å². The Morgan fingerprint density at radius 3 is 2.31 bits per heavy atom. The standard InChI is InChI=1S/C24H22N2O3/c1-13-5-3-8-19(14(13)2)25-22(27)17-6-4-7-18(12-17)26-23(28)20-15-9-10-16(11-15)21(20)24(26)29/h3-10,12,15-16,20-21H,11H2,1-2H3,(H,25,27)/t15-,16+,20-,21+. The number of hydrogen-bond acceptors (Lipinski definition) is 3. The van der Waals surface area contributed by atoms with Crippen molar-refractivity contribution in [2.75, 3.05) is 10.2 Å². The number of carbonyl (C=O) groups excluding carboxylic acids is 3. The summed E-state index contributed by atoms with van der Waals surface area (Å²) >= 11 is 0. The van der Waals surface area contributed by atoms with E-state index >= 15 is 0 Å². The van der Waals surface area contributed by atoms with Crippen LogP contribution >= 0.6 is 0 Å². The molecule has 0 radical (unpaired) electrons. The Hall–Kier alpha value is -3.21. The molecule has 5 nitrogen and oxygen atoms in total. The summed E-state index contributed by atoms with van der Waals surface area (Å²) in [4.78, 5) is 40.1. The normalized spacial score (nSPS) is 26.9. The number of allylic oxidation sites excluding steroid dienone is 2. The van der Waals surface area contributed by atoms with E-state index in [1.54, 1.807) is 24.3 Å². The highest BCUT2D eigenvalue weighted by Gasteiger charge is 2.59. The van der Waals surface area contributed by atoms with Crippen molar-refractivity contribution in [2.24, 2.45) is 23.7 Å². The molecule has 29 heavy (non-hydrogen) atoms. The van der Waals surface area contributed by atoms with E-state index in [2.05, 4.69) is 17.5 Å². The lowest BCUT2D eigenvalue weighted by Gasteiger charge is -2.18. The number of imide groups is 1. The monoisotopic (exact) mass is 386 g/mol. The van der Waals surface area contributed by atoms with Gasteiger partial charge in [-0.25, -0.2) is 4.90 Å². The van der Waals surface area contributed by atoms with E-state index in [9.17, 15) is 14.4 Å². The summed E-state index contributed by atoms with van der Waals surface area (Å²) in [6, 6.07) is 12.5. The van der Waals surface area contributed by atoms with E-state index in [1.165, 1.54) is 4.90 Å². The van der Waals surface area contributed by atoms with Gasteiger partial charge < -0.3 is 5.32 Å². The molecule has 5 rings (SSSR count). The third-order valence-electron chi connectivity index (χ3n) is 6.69. The lowest BCUT2D eigenvalue weighted by atomic mass is 9.85. The van der Waals surface area contributed by atoms with Crippen LogP contribution in [-0.2, 0) is 9.59 Å². The van der Waals surface area contributed by atoms with Gasteiger partial charge in [0.1, 0.15) is 0 Å². The number of hydrogen-bond donors (Lipinski definition) is 1. The van der Waals surface area contributed by atoms with Gasteiger partial charge in [0.2, 0.25) is 11.8 Å². The zero-order chi connectivity index (χ0) is 20.3. The van der Waals surface area contributed by atoms with Gasteiger partial charge in [-0.1, -0.05) is 30.4 Å². The molecule has 5 heteroatoms. The summed E-state index contributed by atoms with van der Waals surface area (Å²) in [7, 11) is 0. The maximum absolute atomic E-state index is 13.0. The zero-order valence-electron chi connectivity index (χ0n) is 16.4. The molecule has 3 amide bonds. The summed E-state index contributed by atoms with van der Waals surface area (Å²) in [6.07, 6.45) is 5.06. The molecule has 1 N–H and O–H groups in total. The fraction of sp³-hybridized carbons (Fsp3) is 0.292. The predicted molar refractivity (Wildman–Crippen MR) is 111 cm³/mol. The molecule has 1 aliphatic heterocycles. The van der Waals surface area contributed by atoms with Gasteiger partial charge in [-0.2, -0.15) is 0 Å². The van der Waals surface area contributed by atoms with Crippen molar-refractivity contribution in [1.29, 1.82) is 0 Å². The topological polar surface area (TPSA) is 66.5 Å². The van der Waals surface area contributed by atoms with Gasteiger partial charge in [0, 0.05) is 11.3 Å². The van der Waals surface area contributed by atoms with Crippen molar-refractivity contribution >= 4 is 29.1 Å². The summed E-state index contributed by atoms with van der Waals surface area (Å²) in [6.45, 7) is 3.96. The number of anilines is 2. The van der Waals surface area contributed by atoms with E-state index in [0.717, 1.165) is 23.2 Å². The van der Waals surface area contributed by atoms with Crippen LogP contribution in [-0.4, -0.2) is 17.7 Å². The van der Waals surface area contributed by atoms with Crippen LogP contribution in [0.2, 0.25) is 0 Å². The van der Waals surface area contributed by atoms with Gasteiger partial charge in [0.05, 0.1) is 17.5 Å². The Bertz CT molecular complexity index is 1060. The maximum Gasteiger partial charge on any atom is 0.255 e. The van der Waals surface area contributed by atoms with Gasteiger partial charge in [-0.3, -0.25) is 14.4 Å². The molecule has 2 bridgehead atoms. The number of aryl methyl sites for hydroxylation is 1. The van der Waals surface area contributed by atoms with Crippen LogP contribution in [0.3, 0.4) is 0 Å². The minimum absolute atomic E-state index is 0.135. The highest BCUT2D eigenvalue weighted by molar-refractivity contribution is 6.23.